The molecule has 0 fully saturated rings. The summed E-state index contributed by atoms with van der Waals surface area (Å²) in [6, 6.07) is 23.3. The Morgan fingerprint density at radius 2 is 1.63 bits per heavy atom. The number of para-hydroxylation sites is 1. The van der Waals surface area contributed by atoms with Gasteiger partial charge in [-0.05, 0) is 42.0 Å². The zero-order chi connectivity index (χ0) is 24.8. The fraction of sp³-hybridized carbons (Fsp3) is 0.120. The molecule has 4 rings (SSSR count). The summed E-state index contributed by atoms with van der Waals surface area (Å²) in [4.78, 5) is 12.4. The van der Waals surface area contributed by atoms with Gasteiger partial charge in [-0.1, -0.05) is 54.1 Å². The third kappa shape index (κ3) is 6.33. The van der Waals surface area contributed by atoms with E-state index < -0.39 is 24.4 Å². The minimum atomic E-state index is -4.70. The summed E-state index contributed by atoms with van der Waals surface area (Å²) < 4.78 is 51.6. The number of carbonyl (C=O) groups excluding carboxylic acids is 1. The number of nitrogens with zero attached hydrogens (tertiary/aromatic N) is 2. The first-order chi connectivity index (χ1) is 16.8. The van der Waals surface area contributed by atoms with Gasteiger partial charge in [0, 0.05) is 11.8 Å². The Labute approximate surface area is 203 Å². The number of rotatable bonds is 8. The summed E-state index contributed by atoms with van der Waals surface area (Å²) in [5.41, 5.74) is 0.512. The topological polar surface area (TPSA) is 65.4 Å². The van der Waals surface area contributed by atoms with E-state index in [-0.39, 0.29) is 16.6 Å². The summed E-state index contributed by atoms with van der Waals surface area (Å²) in [6.07, 6.45) is -4.70. The maximum atomic E-state index is 13.2. The van der Waals surface area contributed by atoms with Gasteiger partial charge in [0.05, 0.1) is 10.7 Å². The molecule has 0 radical (unpaired) electrons. The third-order valence-electron chi connectivity index (χ3n) is 4.79. The second-order valence-electron chi connectivity index (χ2n) is 7.36. The van der Waals surface area contributed by atoms with Gasteiger partial charge in [0.2, 0.25) is 5.88 Å². The summed E-state index contributed by atoms with van der Waals surface area (Å²) in [5.74, 6) is -0.222. The van der Waals surface area contributed by atoms with Gasteiger partial charge in [0.25, 0.3) is 5.91 Å². The van der Waals surface area contributed by atoms with Gasteiger partial charge < -0.3 is 14.8 Å². The number of carbonyl (C=O) groups is 1. The van der Waals surface area contributed by atoms with Gasteiger partial charge in [-0.3, -0.25) is 4.79 Å². The smallest absolute Gasteiger partial charge is 0.435 e. The van der Waals surface area contributed by atoms with E-state index in [1.807, 2.05) is 30.3 Å². The van der Waals surface area contributed by atoms with Crippen LogP contribution in [0.25, 0.3) is 5.69 Å². The fourth-order valence-corrected chi connectivity index (χ4v) is 3.33. The van der Waals surface area contributed by atoms with Crippen molar-refractivity contribution in [3.63, 3.8) is 0 Å². The first kappa shape index (κ1) is 24.2. The normalized spacial score (nSPS) is 11.2. The molecule has 10 heteroatoms. The molecule has 35 heavy (non-hydrogen) atoms. The van der Waals surface area contributed by atoms with Crippen LogP contribution in [0.4, 0.5) is 18.9 Å². The Morgan fingerprint density at radius 3 is 2.31 bits per heavy atom. The molecule has 3 aromatic carbocycles. The molecule has 6 nitrogen and oxygen atoms in total. The molecule has 0 aliphatic heterocycles. The van der Waals surface area contributed by atoms with Crippen LogP contribution in [0.2, 0.25) is 5.02 Å². The zero-order valence-corrected chi connectivity index (χ0v) is 18.9. The Morgan fingerprint density at radius 1 is 0.943 bits per heavy atom. The summed E-state index contributed by atoms with van der Waals surface area (Å²) in [5, 5.41) is 6.36. The second kappa shape index (κ2) is 10.5. The van der Waals surface area contributed by atoms with Crippen LogP contribution in [0.15, 0.2) is 84.9 Å². The molecule has 0 saturated carbocycles. The lowest BCUT2D eigenvalue weighted by atomic mass is 10.2. The van der Waals surface area contributed by atoms with Crippen LogP contribution in [-0.4, -0.2) is 22.3 Å². The highest BCUT2D eigenvalue weighted by Gasteiger charge is 2.36. The number of benzene rings is 3. The highest BCUT2D eigenvalue weighted by molar-refractivity contribution is 6.32. The van der Waals surface area contributed by atoms with Gasteiger partial charge in [-0.2, -0.15) is 23.0 Å². The molecule has 0 saturated heterocycles. The van der Waals surface area contributed by atoms with E-state index in [0.717, 1.165) is 16.3 Å². The van der Waals surface area contributed by atoms with Crippen molar-refractivity contribution in [2.75, 3.05) is 11.9 Å². The summed E-state index contributed by atoms with van der Waals surface area (Å²) in [7, 11) is 0. The minimum absolute atomic E-state index is 0.174. The van der Waals surface area contributed by atoms with Crippen LogP contribution in [0, 0.1) is 0 Å². The van der Waals surface area contributed by atoms with Crippen molar-refractivity contribution >= 4 is 23.2 Å². The largest absolute Gasteiger partial charge is 0.489 e. The Balaban J connectivity index is 1.38. The molecule has 1 heterocycles. The van der Waals surface area contributed by atoms with E-state index >= 15 is 0 Å². The van der Waals surface area contributed by atoms with Crippen molar-refractivity contribution in [2.24, 2.45) is 0 Å². The van der Waals surface area contributed by atoms with Gasteiger partial charge >= 0.3 is 6.18 Å². The van der Waals surface area contributed by atoms with Crippen LogP contribution in [0.5, 0.6) is 11.6 Å². The molecule has 0 atom stereocenters. The van der Waals surface area contributed by atoms with Gasteiger partial charge in [0.15, 0.2) is 12.3 Å². The third-order valence-corrected chi connectivity index (χ3v) is 5.10. The van der Waals surface area contributed by atoms with Crippen LogP contribution in [-0.2, 0) is 17.6 Å². The fourth-order valence-electron chi connectivity index (χ4n) is 3.11. The van der Waals surface area contributed by atoms with Crippen LogP contribution in [0.3, 0.4) is 0 Å². The number of alkyl halides is 3. The lowest BCUT2D eigenvalue weighted by molar-refractivity contribution is -0.141. The SMILES string of the molecule is O=C(COc1cc(C(F)(F)F)nn1-c1ccccc1Cl)Nc1ccc(OCc2ccccc2)cc1. The number of ether oxygens (including phenoxy) is 2. The predicted octanol–water partition coefficient (Wildman–Crippen LogP) is 6.14. The molecular formula is C25H19ClF3N3O3. The van der Waals surface area contributed by atoms with E-state index in [2.05, 4.69) is 10.4 Å². The number of amides is 1. The Bertz CT molecular complexity index is 1290. The second-order valence-corrected chi connectivity index (χ2v) is 7.77. The molecule has 1 N–H and O–H groups in total. The molecule has 0 spiro atoms. The quantitative estimate of drug-likeness (QED) is 0.315. The molecule has 180 valence electrons. The maximum Gasteiger partial charge on any atom is 0.435 e. The van der Waals surface area contributed by atoms with Crippen molar-refractivity contribution < 1.29 is 27.4 Å². The predicted molar refractivity (Wildman–Crippen MR) is 125 cm³/mol. The van der Waals surface area contributed by atoms with Gasteiger partial charge in [0.1, 0.15) is 12.4 Å². The van der Waals surface area contributed by atoms with Crippen LogP contribution >= 0.6 is 11.6 Å². The van der Waals surface area contributed by atoms with E-state index in [1.165, 1.54) is 12.1 Å². The van der Waals surface area contributed by atoms with Crippen molar-refractivity contribution in [3.05, 3.63) is 101 Å². The highest BCUT2D eigenvalue weighted by Crippen LogP contribution is 2.33. The Kier molecular flexibility index (Phi) is 7.26. The number of nitrogens with one attached hydrogen (secondary N) is 1. The van der Waals surface area contributed by atoms with E-state index in [4.69, 9.17) is 21.1 Å². The molecule has 4 aromatic rings. The number of anilines is 1. The zero-order valence-electron chi connectivity index (χ0n) is 18.1. The lowest BCUT2D eigenvalue weighted by Crippen LogP contribution is -2.21. The molecule has 1 amide bonds. The van der Waals surface area contributed by atoms with Gasteiger partial charge in [-0.15, -0.1) is 0 Å². The van der Waals surface area contributed by atoms with E-state index in [9.17, 15) is 18.0 Å². The molecule has 0 aliphatic rings. The monoisotopic (exact) mass is 501 g/mol. The molecular weight excluding hydrogens is 483 g/mol. The lowest BCUT2D eigenvalue weighted by Gasteiger charge is -2.11. The minimum Gasteiger partial charge on any atom is -0.489 e. The van der Waals surface area contributed by atoms with Crippen LogP contribution < -0.4 is 14.8 Å². The molecule has 0 bridgehead atoms. The Hall–Kier alpha value is -3.98. The van der Waals surface area contributed by atoms with Crippen molar-refractivity contribution in [3.8, 4) is 17.3 Å². The molecule has 0 unspecified atom stereocenters. The van der Waals surface area contributed by atoms with Crippen molar-refractivity contribution in [1.29, 1.82) is 0 Å². The number of aromatic nitrogens is 2. The van der Waals surface area contributed by atoms with Crippen molar-refractivity contribution in [2.45, 2.75) is 12.8 Å². The number of hydrogen-bond donors (Lipinski definition) is 1. The van der Waals surface area contributed by atoms with Gasteiger partial charge in [-0.25, -0.2) is 0 Å². The van der Waals surface area contributed by atoms with E-state index in [1.54, 1.807) is 36.4 Å². The average molecular weight is 502 g/mol. The standard InChI is InChI=1S/C25H19ClF3N3O3/c26-20-8-4-5-9-21(20)32-24(14-22(31-32)25(27,28)29)35-16-23(33)30-18-10-12-19(13-11-18)34-15-17-6-2-1-3-7-17/h1-14H,15-16H2,(H,30,33). The first-order valence-electron chi connectivity index (χ1n) is 10.4. The summed E-state index contributed by atoms with van der Waals surface area (Å²) in [6.45, 7) is -0.140. The van der Waals surface area contributed by atoms with Crippen molar-refractivity contribution in [1.82, 2.24) is 9.78 Å². The highest BCUT2D eigenvalue weighted by atomic mass is 35.5. The number of hydrogen-bond acceptors (Lipinski definition) is 4. The van der Waals surface area contributed by atoms with E-state index in [0.29, 0.717) is 18.0 Å². The molecule has 0 aliphatic carbocycles. The van der Waals surface area contributed by atoms with Crippen LogP contribution in [0.1, 0.15) is 11.3 Å². The average Bonchev–Trinajstić information content (AvgIpc) is 3.28. The first-order valence-corrected chi connectivity index (χ1v) is 10.8. The summed E-state index contributed by atoms with van der Waals surface area (Å²) >= 11 is 6.11. The maximum absolute atomic E-state index is 13.2. The molecule has 1 aromatic heterocycles. The number of halogens is 4.